The molecule has 16 nitrogen and oxygen atoms in total. The third-order valence-electron chi connectivity index (χ3n) is 5.28. The number of fused-ring (bicyclic) bond motifs is 1. The summed E-state index contributed by atoms with van der Waals surface area (Å²) in [4.78, 5) is 12.1. The number of aromatic hydroxyl groups is 1. The summed E-state index contributed by atoms with van der Waals surface area (Å²) in [5.74, 6) is -1.88. The Bertz CT molecular complexity index is 1840. The van der Waals surface area contributed by atoms with E-state index in [0.29, 0.717) is 22.6 Å². The van der Waals surface area contributed by atoms with Gasteiger partial charge in [0.25, 0.3) is 10.1 Å². The van der Waals surface area contributed by atoms with Gasteiger partial charge in [-0.1, -0.05) is 10.1 Å². The molecule has 0 atom stereocenters. The molecule has 0 aromatic heterocycles. The molecule has 0 aliphatic rings. The average Bonchev–Trinajstić information content (AvgIpc) is 2.97. The van der Waals surface area contributed by atoms with E-state index in [1.165, 1.54) is 30.3 Å². The van der Waals surface area contributed by atoms with Crippen molar-refractivity contribution in [1.29, 1.82) is 0 Å². The predicted molar refractivity (Wildman–Crippen MR) is 153 cm³/mol. The van der Waals surface area contributed by atoms with Gasteiger partial charge in [-0.2, -0.15) is 18.6 Å². The number of hydrogen-bond donors (Lipinski definition) is 5. The first-order chi connectivity index (χ1) is 20.5. The molecule has 0 fully saturated rings. The smallest absolute Gasteiger partial charge is 0.338 e. The molecular weight excluding hydrogens is 700 g/mol. The minimum Gasteiger partial charge on any atom is -0.505 e. The second kappa shape index (κ2) is 14.3. The first-order valence-electron chi connectivity index (χ1n) is 11.1. The van der Waals surface area contributed by atoms with E-state index in [-0.39, 0.29) is 42.8 Å². The molecule has 0 saturated heterocycles. The Morgan fingerprint density at radius 3 is 2.14 bits per heavy atom. The van der Waals surface area contributed by atoms with E-state index in [1.54, 1.807) is 24.3 Å². The number of halogens is 1. The maximum atomic E-state index is 12.0. The van der Waals surface area contributed by atoms with Gasteiger partial charge in [0.1, 0.15) is 16.3 Å². The van der Waals surface area contributed by atoms with E-state index in [0.717, 1.165) is 18.1 Å². The summed E-state index contributed by atoms with van der Waals surface area (Å²) < 4.78 is 41.6. The monoisotopic (exact) mass is 714 g/mol. The highest BCUT2D eigenvalue weighted by Crippen LogP contribution is 2.45. The number of carbonyl (C=O) groups is 1. The lowest BCUT2D eigenvalue weighted by Crippen LogP contribution is -1.99. The Balaban J connectivity index is 1.69. The number of carboxylic acids is 1. The summed E-state index contributed by atoms with van der Waals surface area (Å²) in [6.07, 6.45) is 0. The second-order valence-corrected chi connectivity index (χ2v) is 11.7. The number of aromatic carboxylic acids is 1. The quantitative estimate of drug-likeness (QED) is 0.0308. The van der Waals surface area contributed by atoms with Crippen LogP contribution in [0.4, 0.5) is 22.7 Å². The van der Waals surface area contributed by atoms with Crippen molar-refractivity contribution >= 4 is 89.6 Å². The number of phenols is 1. The van der Waals surface area contributed by atoms with Gasteiger partial charge >= 0.3 is 5.97 Å². The maximum absolute atomic E-state index is 12.0. The van der Waals surface area contributed by atoms with Crippen LogP contribution in [0.25, 0.3) is 10.8 Å². The number of carboxylic acid groups (broad SMARTS) is 1. The third-order valence-corrected chi connectivity index (χ3v) is 8.31. The van der Waals surface area contributed by atoms with Crippen LogP contribution in [-0.4, -0.2) is 39.7 Å². The molecule has 4 rings (SSSR count). The van der Waals surface area contributed by atoms with E-state index in [9.17, 15) is 28.0 Å². The molecule has 0 unspecified atom stereocenters. The van der Waals surface area contributed by atoms with Crippen LogP contribution in [0.15, 0.2) is 100 Å². The van der Waals surface area contributed by atoms with Crippen LogP contribution in [0.2, 0.25) is 0 Å². The standard InChI is InChI=1S/C23H15BrN4O12S3/c24-17-10-15-11(8-20(17)43(34,35)36)7-19(42-40-38-33)21(22(15)29)28-27-18-6-3-13(9-16(18)23(30)31)26-25-12-1-4-14(5-2-12)41-39-37-32/h1-10,29,32-33H,(H,30,31)(H,34,35,36). The molecule has 0 radical (unpaired) electrons. The zero-order valence-corrected chi connectivity index (χ0v) is 24.8. The van der Waals surface area contributed by atoms with Gasteiger partial charge in [-0.25, -0.2) is 15.3 Å². The minimum atomic E-state index is -4.63. The van der Waals surface area contributed by atoms with E-state index < -0.39 is 26.7 Å². The lowest BCUT2D eigenvalue weighted by Gasteiger charge is -2.11. The number of hydrogen-bond acceptors (Lipinski definition) is 16. The summed E-state index contributed by atoms with van der Waals surface area (Å²) in [6, 6.07) is 13.9. The van der Waals surface area contributed by atoms with Gasteiger partial charge in [0.2, 0.25) is 0 Å². The molecule has 0 heterocycles. The molecular formula is C23H15BrN4O12S3. The summed E-state index contributed by atoms with van der Waals surface area (Å²) in [7, 11) is -4.63. The van der Waals surface area contributed by atoms with Crippen molar-refractivity contribution in [3.63, 3.8) is 0 Å². The molecule has 20 heteroatoms. The Kier molecular flexibility index (Phi) is 10.8. The molecule has 43 heavy (non-hydrogen) atoms. The highest BCUT2D eigenvalue weighted by Gasteiger charge is 2.21. The predicted octanol–water partition coefficient (Wildman–Crippen LogP) is 7.94. The fourth-order valence-corrected chi connectivity index (χ4v) is 5.83. The van der Waals surface area contributed by atoms with Gasteiger partial charge < -0.3 is 10.2 Å². The molecule has 0 saturated carbocycles. The molecule has 5 N–H and O–H groups in total. The zero-order chi connectivity index (χ0) is 31.1. The first kappa shape index (κ1) is 32.4. The summed E-state index contributed by atoms with van der Waals surface area (Å²) in [5.41, 5.74) is -0.0888. The lowest BCUT2D eigenvalue weighted by atomic mass is 10.1. The van der Waals surface area contributed by atoms with Gasteiger partial charge in [-0.3, -0.25) is 4.55 Å². The molecule has 0 amide bonds. The van der Waals surface area contributed by atoms with Crippen LogP contribution in [0, 0.1) is 0 Å². The highest BCUT2D eigenvalue weighted by molar-refractivity contribution is 9.10. The summed E-state index contributed by atoms with van der Waals surface area (Å²) in [5, 5.41) is 60.8. The van der Waals surface area contributed by atoms with Gasteiger partial charge in [0.15, 0.2) is 5.75 Å². The molecule has 224 valence electrons. The first-order valence-corrected chi connectivity index (χ1v) is 14.8. The Morgan fingerprint density at radius 2 is 1.49 bits per heavy atom. The Labute approximate surface area is 257 Å². The summed E-state index contributed by atoms with van der Waals surface area (Å²) in [6.45, 7) is 0. The summed E-state index contributed by atoms with van der Waals surface area (Å²) >= 11 is 4.16. The van der Waals surface area contributed by atoms with Crippen molar-refractivity contribution in [2.24, 2.45) is 20.5 Å². The van der Waals surface area contributed by atoms with Crippen molar-refractivity contribution in [3.8, 4) is 5.75 Å². The molecule has 4 aromatic carbocycles. The average molecular weight is 715 g/mol. The van der Waals surface area contributed by atoms with Crippen molar-refractivity contribution < 1.29 is 57.2 Å². The van der Waals surface area contributed by atoms with Crippen molar-refractivity contribution in [1.82, 2.24) is 0 Å². The molecule has 0 aliphatic carbocycles. The molecule has 4 aromatic rings. The zero-order valence-electron chi connectivity index (χ0n) is 20.8. The number of nitrogens with zero attached hydrogens (tertiary/aromatic N) is 4. The van der Waals surface area contributed by atoms with Crippen LogP contribution < -0.4 is 0 Å². The van der Waals surface area contributed by atoms with E-state index in [1.807, 2.05) is 0 Å². The lowest BCUT2D eigenvalue weighted by molar-refractivity contribution is -0.432. The number of phenolic OH excluding ortho intramolecular Hbond substituents is 1. The van der Waals surface area contributed by atoms with Crippen LogP contribution in [0.1, 0.15) is 10.4 Å². The van der Waals surface area contributed by atoms with Crippen molar-refractivity contribution in [3.05, 3.63) is 70.7 Å². The topological polar surface area (TPSA) is 239 Å². The third kappa shape index (κ3) is 8.10. The van der Waals surface area contributed by atoms with Gasteiger partial charge in [-0.15, -0.1) is 18.9 Å². The highest BCUT2D eigenvalue weighted by atomic mass is 79.9. The van der Waals surface area contributed by atoms with E-state index in [4.69, 9.17) is 10.5 Å². The second-order valence-electron chi connectivity index (χ2n) is 7.90. The minimum absolute atomic E-state index is 0.0337. The van der Waals surface area contributed by atoms with Crippen molar-refractivity contribution in [2.45, 2.75) is 14.7 Å². The number of azo groups is 2. The van der Waals surface area contributed by atoms with Crippen LogP contribution >= 0.6 is 40.0 Å². The van der Waals surface area contributed by atoms with Crippen molar-refractivity contribution in [2.75, 3.05) is 0 Å². The van der Waals surface area contributed by atoms with Crippen LogP contribution in [0.5, 0.6) is 5.75 Å². The maximum Gasteiger partial charge on any atom is 0.338 e. The van der Waals surface area contributed by atoms with Gasteiger partial charge in [-0.05, 0) is 82.0 Å². The Hall–Kier alpha value is -3.54. The SMILES string of the molecule is O=C(O)c1cc(N=Nc2ccc(SOOO)cc2)ccc1N=Nc1c(SOOO)cc2cc(S(=O)(=O)O)c(Br)cc2c1O. The fraction of sp³-hybridized carbons (Fsp3) is 0. The van der Waals surface area contributed by atoms with E-state index >= 15 is 0 Å². The van der Waals surface area contributed by atoms with E-state index in [2.05, 4.69) is 55.1 Å². The van der Waals surface area contributed by atoms with Gasteiger partial charge in [0.05, 0.1) is 45.9 Å². The van der Waals surface area contributed by atoms with Crippen LogP contribution in [0.3, 0.4) is 0 Å². The number of rotatable bonds is 12. The largest absolute Gasteiger partial charge is 0.505 e. The van der Waals surface area contributed by atoms with Crippen LogP contribution in [-0.2, 0) is 28.9 Å². The Morgan fingerprint density at radius 1 is 0.837 bits per heavy atom. The molecule has 0 bridgehead atoms. The van der Waals surface area contributed by atoms with Gasteiger partial charge in [0, 0.05) is 14.8 Å². The normalized spacial score (nSPS) is 12.1. The molecule has 0 spiro atoms. The molecule has 0 aliphatic heterocycles. The fourth-order valence-electron chi connectivity index (χ4n) is 3.44. The number of benzene rings is 4.